The second kappa shape index (κ2) is 8.86. The first-order valence-corrected chi connectivity index (χ1v) is 10.5. The van der Waals surface area contributed by atoms with Gasteiger partial charge in [0.1, 0.15) is 6.61 Å². The Kier molecular flexibility index (Phi) is 7.49. The molecule has 0 bridgehead atoms. The largest absolute Gasteiger partial charge is 0.464 e. The van der Waals surface area contributed by atoms with Crippen LogP contribution in [0.5, 0.6) is 0 Å². The van der Waals surface area contributed by atoms with Gasteiger partial charge in [-0.05, 0) is 24.2 Å². The Morgan fingerprint density at radius 3 is 2.55 bits per heavy atom. The summed E-state index contributed by atoms with van der Waals surface area (Å²) in [5, 5.41) is 8.40. The minimum Gasteiger partial charge on any atom is -0.464 e. The Labute approximate surface area is 133 Å². The van der Waals surface area contributed by atoms with E-state index in [1.807, 2.05) is 6.07 Å². The van der Waals surface area contributed by atoms with E-state index < -0.39 is 14.3 Å². The van der Waals surface area contributed by atoms with Crippen LogP contribution >= 0.6 is 0 Å². The van der Waals surface area contributed by atoms with E-state index >= 15 is 0 Å². The molecule has 0 saturated carbocycles. The predicted molar refractivity (Wildman–Crippen MR) is 85.6 cm³/mol. The molecule has 1 atom stereocenters. The maximum absolute atomic E-state index is 12.0. The topological polar surface area (TPSA) is 76.4 Å². The number of ketones is 1. The number of nitriles is 1. The van der Waals surface area contributed by atoms with Crippen LogP contribution in [-0.4, -0.2) is 32.8 Å². The van der Waals surface area contributed by atoms with Crippen molar-refractivity contribution in [3.8, 4) is 6.07 Å². The van der Waals surface area contributed by atoms with Crippen LogP contribution < -0.4 is 0 Å². The van der Waals surface area contributed by atoms with Crippen molar-refractivity contribution in [1.29, 1.82) is 5.26 Å². The first kappa shape index (κ1) is 18.6. The third-order valence-corrected chi connectivity index (χ3v) is 8.95. The zero-order chi connectivity index (χ0) is 16.6. The van der Waals surface area contributed by atoms with Gasteiger partial charge in [0.25, 0.3) is 0 Å². The van der Waals surface area contributed by atoms with Gasteiger partial charge in [0.15, 0.2) is 14.1 Å². The zero-order valence-electron chi connectivity index (χ0n) is 13.7. The molecular weight excluding hydrogens is 298 g/mol. The minimum atomic E-state index is -1.76. The molecule has 0 spiro atoms. The summed E-state index contributed by atoms with van der Waals surface area (Å²) in [5.41, 5.74) is 0.484. The van der Waals surface area contributed by atoms with Crippen LogP contribution in [0, 0.1) is 11.3 Å². The first-order valence-electron chi connectivity index (χ1n) is 7.94. The van der Waals surface area contributed by atoms with Gasteiger partial charge < -0.3 is 9.16 Å². The number of nitrogens with zero attached hydrogens (tertiary/aromatic N) is 1. The van der Waals surface area contributed by atoms with Gasteiger partial charge in [-0.25, -0.2) is 0 Å². The summed E-state index contributed by atoms with van der Waals surface area (Å²) in [6.07, 6.45) is 2.07. The number of Topliss-reactive ketones (excluding diaryl/α,β-unsaturated/α-hetero) is 1. The summed E-state index contributed by atoms with van der Waals surface area (Å²) >= 11 is 0. The van der Waals surface area contributed by atoms with E-state index in [0.717, 1.165) is 18.1 Å². The van der Waals surface area contributed by atoms with Crippen LogP contribution in [0.1, 0.15) is 40.0 Å². The molecule has 22 heavy (non-hydrogen) atoms. The molecule has 0 fully saturated rings. The Balaban J connectivity index is 2.61. The molecule has 0 aromatic rings. The van der Waals surface area contributed by atoms with Gasteiger partial charge in [0.2, 0.25) is 0 Å². The Bertz CT molecular complexity index is 469. The van der Waals surface area contributed by atoms with E-state index in [0.29, 0.717) is 12.0 Å². The molecule has 0 aromatic carbocycles. The number of rotatable bonds is 9. The van der Waals surface area contributed by atoms with Gasteiger partial charge >= 0.3 is 5.97 Å². The van der Waals surface area contributed by atoms with Crippen LogP contribution in [-0.2, 0) is 18.8 Å². The lowest BCUT2D eigenvalue weighted by atomic mass is 10.1. The van der Waals surface area contributed by atoms with Crippen molar-refractivity contribution in [1.82, 2.24) is 0 Å². The van der Waals surface area contributed by atoms with Gasteiger partial charge in [-0.3, -0.25) is 9.59 Å². The van der Waals surface area contributed by atoms with Crippen molar-refractivity contribution in [3.05, 3.63) is 11.6 Å². The van der Waals surface area contributed by atoms with Gasteiger partial charge in [-0.2, -0.15) is 5.26 Å². The van der Waals surface area contributed by atoms with Crippen LogP contribution in [0.4, 0.5) is 0 Å². The highest BCUT2D eigenvalue weighted by Crippen LogP contribution is 2.29. The summed E-state index contributed by atoms with van der Waals surface area (Å²) in [6, 6.07) is 5.00. The normalized spacial score (nSPS) is 18.0. The molecular formula is C16H25NO4Si. The molecule has 1 aliphatic carbocycles. The second-order valence-corrected chi connectivity index (χ2v) is 10.2. The fourth-order valence-corrected chi connectivity index (χ4v) is 5.46. The van der Waals surface area contributed by atoms with E-state index in [2.05, 4.69) is 20.8 Å². The quantitative estimate of drug-likeness (QED) is 0.370. The van der Waals surface area contributed by atoms with Crippen molar-refractivity contribution in [3.63, 3.8) is 0 Å². The maximum atomic E-state index is 12.0. The van der Waals surface area contributed by atoms with E-state index in [9.17, 15) is 9.59 Å². The fourth-order valence-electron chi connectivity index (χ4n) is 2.66. The standard InChI is InChI=1S/C16H25NO4Si/c1-4-22(5-2,6-3)21-14-10-13(15(18)12-14)11-16(19)20-9-7-8-17/h10,14H,4-7,9,11-12H2,1-3H3. The molecule has 122 valence electrons. The number of carbonyl (C=O) groups excluding carboxylic acids is 2. The number of ether oxygens (including phenoxy) is 1. The molecule has 0 N–H and O–H groups in total. The lowest BCUT2D eigenvalue weighted by Crippen LogP contribution is -2.39. The van der Waals surface area contributed by atoms with Crippen LogP contribution in [0.3, 0.4) is 0 Å². The first-order chi connectivity index (χ1) is 10.5. The van der Waals surface area contributed by atoms with Gasteiger partial charge in [0.05, 0.1) is 25.0 Å². The number of hydrogen-bond acceptors (Lipinski definition) is 5. The van der Waals surface area contributed by atoms with Gasteiger partial charge in [-0.15, -0.1) is 0 Å². The molecule has 0 heterocycles. The average molecular weight is 323 g/mol. The molecule has 0 amide bonds. The van der Waals surface area contributed by atoms with Crippen molar-refractivity contribution in [2.45, 2.75) is 64.3 Å². The van der Waals surface area contributed by atoms with Gasteiger partial charge in [0, 0.05) is 12.0 Å². The second-order valence-electron chi connectivity index (χ2n) is 5.52. The van der Waals surface area contributed by atoms with Crippen LogP contribution in [0.2, 0.25) is 18.1 Å². The number of esters is 1. The molecule has 1 rings (SSSR count). The van der Waals surface area contributed by atoms with Gasteiger partial charge in [-0.1, -0.05) is 20.8 Å². The number of hydrogen-bond donors (Lipinski definition) is 0. The maximum Gasteiger partial charge on any atom is 0.310 e. The third kappa shape index (κ3) is 5.07. The van der Waals surface area contributed by atoms with E-state index in [1.54, 1.807) is 6.08 Å². The zero-order valence-corrected chi connectivity index (χ0v) is 14.7. The Morgan fingerprint density at radius 2 is 2.00 bits per heavy atom. The molecule has 1 aliphatic rings. The summed E-state index contributed by atoms with van der Waals surface area (Å²) in [6.45, 7) is 6.52. The third-order valence-electron chi connectivity index (χ3n) is 4.28. The molecule has 0 radical (unpaired) electrons. The predicted octanol–water partition coefficient (Wildman–Crippen LogP) is 3.12. The van der Waals surface area contributed by atoms with Crippen molar-refractivity contribution >= 4 is 20.1 Å². The van der Waals surface area contributed by atoms with E-state index in [1.165, 1.54) is 0 Å². The van der Waals surface area contributed by atoms with E-state index in [4.69, 9.17) is 14.4 Å². The smallest absolute Gasteiger partial charge is 0.310 e. The average Bonchev–Trinajstić information content (AvgIpc) is 2.84. The molecule has 5 nitrogen and oxygen atoms in total. The van der Waals surface area contributed by atoms with E-state index in [-0.39, 0.29) is 31.3 Å². The van der Waals surface area contributed by atoms with Crippen molar-refractivity contribution in [2.75, 3.05) is 6.61 Å². The highest BCUT2D eigenvalue weighted by Gasteiger charge is 2.35. The van der Waals surface area contributed by atoms with Crippen LogP contribution in [0.25, 0.3) is 0 Å². The highest BCUT2D eigenvalue weighted by molar-refractivity contribution is 6.73. The Hall–Kier alpha value is -1.45. The summed E-state index contributed by atoms with van der Waals surface area (Å²) in [4.78, 5) is 23.6. The SMILES string of the molecule is CC[Si](CC)(CC)OC1C=C(CC(=O)OCCC#N)C(=O)C1. The number of carbonyl (C=O) groups is 2. The Morgan fingerprint density at radius 1 is 1.36 bits per heavy atom. The molecule has 0 aromatic heterocycles. The monoisotopic (exact) mass is 323 g/mol. The molecule has 1 unspecified atom stereocenters. The van der Waals surface area contributed by atoms with Crippen molar-refractivity contribution in [2.24, 2.45) is 0 Å². The lowest BCUT2D eigenvalue weighted by molar-refractivity contribution is -0.143. The highest BCUT2D eigenvalue weighted by atomic mass is 28.4. The van der Waals surface area contributed by atoms with Crippen molar-refractivity contribution < 1.29 is 18.8 Å². The lowest BCUT2D eigenvalue weighted by Gasteiger charge is -2.30. The molecule has 0 aliphatic heterocycles. The summed E-state index contributed by atoms with van der Waals surface area (Å²) in [5.74, 6) is -0.492. The summed E-state index contributed by atoms with van der Waals surface area (Å²) in [7, 11) is -1.76. The fraction of sp³-hybridized carbons (Fsp3) is 0.688. The summed E-state index contributed by atoms with van der Waals surface area (Å²) < 4.78 is 11.2. The minimum absolute atomic E-state index is 0.0247. The van der Waals surface area contributed by atoms with Crippen LogP contribution in [0.15, 0.2) is 11.6 Å². The molecule has 6 heteroatoms. The molecule has 0 saturated heterocycles.